The standard InChI is InChI=1S/C27H32N6O3/c1-18(2)17-36-27(35)20-9-11-21(12-10-20)28-29-22-13-15-23(16-14-22)30-31-25-19(3)32-33(26(25)34)24-7-5-4-6-8-24/h9-16,18,24,34H,4-8,17H2,1-3H3/b29-28+,31-30+. The minimum Gasteiger partial charge on any atom is -0.492 e. The van der Waals surface area contributed by atoms with Gasteiger partial charge >= 0.3 is 5.97 Å². The van der Waals surface area contributed by atoms with Crippen molar-refractivity contribution in [2.24, 2.45) is 26.4 Å². The summed E-state index contributed by atoms with van der Waals surface area (Å²) in [7, 11) is 0. The molecule has 188 valence electrons. The molecule has 36 heavy (non-hydrogen) atoms. The molecule has 0 amide bonds. The fourth-order valence-electron chi connectivity index (χ4n) is 4.02. The number of benzene rings is 2. The first-order valence-electron chi connectivity index (χ1n) is 12.4. The number of esters is 1. The molecule has 2 aromatic carbocycles. The average Bonchev–Trinajstić information content (AvgIpc) is 3.19. The van der Waals surface area contributed by atoms with Gasteiger partial charge in [-0.2, -0.15) is 20.4 Å². The van der Waals surface area contributed by atoms with Crippen molar-refractivity contribution in [1.29, 1.82) is 0 Å². The minimum absolute atomic E-state index is 0.0766. The highest BCUT2D eigenvalue weighted by molar-refractivity contribution is 5.89. The van der Waals surface area contributed by atoms with Gasteiger partial charge in [-0.25, -0.2) is 9.48 Å². The summed E-state index contributed by atoms with van der Waals surface area (Å²) >= 11 is 0. The Kier molecular flexibility index (Phi) is 8.20. The molecule has 4 rings (SSSR count). The molecule has 3 aromatic rings. The van der Waals surface area contributed by atoms with Crippen LogP contribution in [0.25, 0.3) is 0 Å². The van der Waals surface area contributed by atoms with E-state index in [2.05, 4.69) is 25.6 Å². The van der Waals surface area contributed by atoms with Crippen LogP contribution in [0, 0.1) is 12.8 Å². The molecule has 1 aliphatic rings. The van der Waals surface area contributed by atoms with Crippen LogP contribution in [0.15, 0.2) is 69.0 Å². The zero-order valence-electron chi connectivity index (χ0n) is 21.0. The summed E-state index contributed by atoms with van der Waals surface area (Å²) in [6, 6.07) is 14.2. The summed E-state index contributed by atoms with van der Waals surface area (Å²) < 4.78 is 6.93. The first-order chi connectivity index (χ1) is 17.4. The predicted octanol–water partition coefficient (Wildman–Crippen LogP) is 8.05. The Morgan fingerprint density at radius 3 is 2.03 bits per heavy atom. The normalized spacial score (nSPS) is 14.8. The van der Waals surface area contributed by atoms with Gasteiger partial charge in [-0.1, -0.05) is 33.1 Å². The van der Waals surface area contributed by atoms with E-state index >= 15 is 0 Å². The Morgan fingerprint density at radius 1 is 0.944 bits per heavy atom. The molecule has 1 aliphatic carbocycles. The van der Waals surface area contributed by atoms with Crippen molar-refractivity contribution in [3.63, 3.8) is 0 Å². The van der Waals surface area contributed by atoms with E-state index in [4.69, 9.17) is 4.74 Å². The number of aryl methyl sites for hydroxylation is 1. The molecule has 1 heterocycles. The number of nitrogens with zero attached hydrogens (tertiary/aromatic N) is 6. The molecule has 0 spiro atoms. The van der Waals surface area contributed by atoms with Gasteiger partial charge in [0.15, 0.2) is 5.69 Å². The molecule has 9 nitrogen and oxygen atoms in total. The van der Waals surface area contributed by atoms with E-state index in [0.717, 1.165) is 25.7 Å². The quantitative estimate of drug-likeness (QED) is 0.255. The zero-order valence-corrected chi connectivity index (χ0v) is 21.0. The zero-order chi connectivity index (χ0) is 25.5. The molecule has 0 aliphatic heterocycles. The molecule has 0 saturated heterocycles. The van der Waals surface area contributed by atoms with Crippen molar-refractivity contribution in [3.8, 4) is 5.88 Å². The molecule has 1 saturated carbocycles. The third kappa shape index (κ3) is 6.41. The summed E-state index contributed by atoms with van der Waals surface area (Å²) in [4.78, 5) is 12.0. The first-order valence-corrected chi connectivity index (χ1v) is 12.4. The highest BCUT2D eigenvalue weighted by Crippen LogP contribution is 2.38. The molecule has 0 bridgehead atoms. The van der Waals surface area contributed by atoms with Gasteiger partial charge < -0.3 is 9.84 Å². The number of aromatic hydroxyl groups is 1. The van der Waals surface area contributed by atoms with Gasteiger partial charge in [0, 0.05) is 0 Å². The van der Waals surface area contributed by atoms with Gasteiger partial charge in [0.2, 0.25) is 5.88 Å². The summed E-state index contributed by atoms with van der Waals surface area (Å²) in [5, 5.41) is 32.1. The minimum atomic E-state index is -0.346. The van der Waals surface area contributed by atoms with Crippen LogP contribution in [-0.4, -0.2) is 27.5 Å². The van der Waals surface area contributed by atoms with Crippen LogP contribution in [0.4, 0.5) is 22.7 Å². The summed E-state index contributed by atoms with van der Waals surface area (Å²) in [6.07, 6.45) is 5.59. The summed E-state index contributed by atoms with van der Waals surface area (Å²) in [6.45, 7) is 6.20. The van der Waals surface area contributed by atoms with Gasteiger partial charge in [-0.05, 0) is 74.2 Å². The number of azo groups is 2. The topological polar surface area (TPSA) is 114 Å². The van der Waals surface area contributed by atoms with Crippen LogP contribution in [0.3, 0.4) is 0 Å². The number of hydrogen-bond donors (Lipinski definition) is 1. The third-order valence-electron chi connectivity index (χ3n) is 6.00. The van der Waals surface area contributed by atoms with Crippen LogP contribution in [0.5, 0.6) is 5.88 Å². The lowest BCUT2D eigenvalue weighted by Crippen LogP contribution is -2.13. The van der Waals surface area contributed by atoms with Crippen molar-refractivity contribution in [1.82, 2.24) is 9.78 Å². The Hall–Kier alpha value is -3.88. The summed E-state index contributed by atoms with van der Waals surface area (Å²) in [5.41, 5.74) is 3.45. The number of carbonyl (C=O) groups excluding carboxylic acids is 1. The molecule has 0 atom stereocenters. The predicted molar refractivity (Wildman–Crippen MR) is 137 cm³/mol. The maximum Gasteiger partial charge on any atom is 0.338 e. The van der Waals surface area contributed by atoms with E-state index in [-0.39, 0.29) is 23.8 Å². The molecule has 0 unspecified atom stereocenters. The third-order valence-corrected chi connectivity index (χ3v) is 6.00. The lowest BCUT2D eigenvalue weighted by Gasteiger charge is -2.22. The fraction of sp³-hybridized carbons (Fsp3) is 0.407. The molecule has 1 N–H and O–H groups in total. The highest BCUT2D eigenvalue weighted by atomic mass is 16.5. The van der Waals surface area contributed by atoms with Crippen LogP contribution in [-0.2, 0) is 4.74 Å². The Balaban J connectivity index is 1.37. The maximum atomic E-state index is 12.0. The van der Waals surface area contributed by atoms with Crippen molar-refractivity contribution < 1.29 is 14.6 Å². The smallest absolute Gasteiger partial charge is 0.338 e. The number of aromatic nitrogens is 2. The van der Waals surface area contributed by atoms with E-state index < -0.39 is 0 Å². The van der Waals surface area contributed by atoms with E-state index in [1.807, 2.05) is 20.8 Å². The van der Waals surface area contributed by atoms with Crippen LogP contribution in [0.1, 0.15) is 68.0 Å². The Labute approximate surface area is 210 Å². The molecule has 1 fully saturated rings. The van der Waals surface area contributed by atoms with Gasteiger partial charge in [-0.3, -0.25) is 0 Å². The fourth-order valence-corrected chi connectivity index (χ4v) is 4.02. The van der Waals surface area contributed by atoms with Crippen LogP contribution >= 0.6 is 0 Å². The molecule has 0 radical (unpaired) electrons. The van der Waals surface area contributed by atoms with Crippen molar-refractivity contribution >= 4 is 28.7 Å². The van der Waals surface area contributed by atoms with E-state index in [1.54, 1.807) is 53.2 Å². The van der Waals surface area contributed by atoms with Crippen LogP contribution < -0.4 is 0 Å². The number of hydrogen-bond acceptors (Lipinski definition) is 8. The monoisotopic (exact) mass is 488 g/mol. The largest absolute Gasteiger partial charge is 0.492 e. The Morgan fingerprint density at radius 2 is 1.47 bits per heavy atom. The second-order valence-electron chi connectivity index (χ2n) is 9.45. The van der Waals surface area contributed by atoms with Crippen molar-refractivity contribution in [3.05, 3.63) is 59.8 Å². The SMILES string of the molecule is Cc1nn(C2CCCCC2)c(O)c1/N=N/c1ccc(/N=N/c2ccc(C(=O)OCC(C)C)cc2)cc1. The maximum absolute atomic E-state index is 12.0. The molecular weight excluding hydrogens is 456 g/mol. The van der Waals surface area contributed by atoms with Gasteiger partial charge in [0.1, 0.15) is 0 Å². The first kappa shape index (κ1) is 25.2. The lowest BCUT2D eigenvalue weighted by molar-refractivity contribution is 0.0459. The van der Waals surface area contributed by atoms with Crippen molar-refractivity contribution in [2.75, 3.05) is 6.61 Å². The van der Waals surface area contributed by atoms with E-state index in [1.165, 1.54) is 6.42 Å². The van der Waals surface area contributed by atoms with Gasteiger partial charge in [0.25, 0.3) is 0 Å². The van der Waals surface area contributed by atoms with Gasteiger partial charge in [-0.15, -0.1) is 5.11 Å². The van der Waals surface area contributed by atoms with E-state index in [0.29, 0.717) is 40.6 Å². The van der Waals surface area contributed by atoms with Gasteiger partial charge in [0.05, 0.1) is 41.0 Å². The lowest BCUT2D eigenvalue weighted by atomic mass is 9.96. The highest BCUT2D eigenvalue weighted by Gasteiger charge is 2.23. The number of carbonyl (C=O) groups is 1. The van der Waals surface area contributed by atoms with E-state index in [9.17, 15) is 9.90 Å². The summed E-state index contributed by atoms with van der Waals surface area (Å²) in [5.74, 6) is 0.0194. The molecule has 1 aromatic heterocycles. The molecule has 9 heteroatoms. The van der Waals surface area contributed by atoms with Crippen LogP contribution in [0.2, 0.25) is 0 Å². The second-order valence-corrected chi connectivity index (χ2v) is 9.45. The molecular formula is C27H32N6O3. The van der Waals surface area contributed by atoms with Crippen molar-refractivity contribution in [2.45, 2.75) is 58.9 Å². The number of ether oxygens (including phenoxy) is 1. The second kappa shape index (κ2) is 11.7. The number of rotatable bonds is 8. The average molecular weight is 489 g/mol. The Bertz CT molecular complexity index is 1220.